The van der Waals surface area contributed by atoms with E-state index in [2.05, 4.69) is 0 Å². The molecule has 2 aromatic rings. The topological polar surface area (TPSA) is 60.9 Å². The van der Waals surface area contributed by atoms with Crippen molar-refractivity contribution in [3.63, 3.8) is 0 Å². The fourth-order valence-electron chi connectivity index (χ4n) is 3.42. The second kappa shape index (κ2) is 9.27. The highest BCUT2D eigenvalue weighted by molar-refractivity contribution is 7.88. The maximum absolute atomic E-state index is 13.0. The van der Waals surface area contributed by atoms with Crippen molar-refractivity contribution in [1.82, 2.24) is 9.21 Å². The lowest BCUT2D eigenvalue weighted by atomic mass is 10.1. The second-order valence-electron chi connectivity index (χ2n) is 7.43. The van der Waals surface area contributed by atoms with E-state index in [0.29, 0.717) is 31.9 Å². The van der Waals surface area contributed by atoms with Gasteiger partial charge in [-0.3, -0.25) is 4.79 Å². The monoisotopic (exact) mass is 455 g/mol. The van der Waals surface area contributed by atoms with E-state index in [1.807, 2.05) is 6.07 Å². The minimum Gasteiger partial charge on any atom is -0.368 e. The maximum atomic E-state index is 13.0. The number of anilines is 1. The van der Waals surface area contributed by atoms with Gasteiger partial charge in [0.25, 0.3) is 0 Å². The number of carbonyl (C=O) groups excluding carboxylic acids is 1. The molecular formula is C21H24F3N3O3S. The van der Waals surface area contributed by atoms with Gasteiger partial charge in [0.05, 0.1) is 18.4 Å². The molecule has 1 heterocycles. The van der Waals surface area contributed by atoms with Gasteiger partial charge in [-0.1, -0.05) is 36.4 Å². The Morgan fingerprint density at radius 3 is 2.23 bits per heavy atom. The summed E-state index contributed by atoms with van der Waals surface area (Å²) in [4.78, 5) is 16.1. The van der Waals surface area contributed by atoms with E-state index in [-0.39, 0.29) is 19.0 Å². The zero-order chi connectivity index (χ0) is 22.6. The summed E-state index contributed by atoms with van der Waals surface area (Å²) in [5, 5.41) is 0. The minimum absolute atomic E-state index is 0.0929. The van der Waals surface area contributed by atoms with Gasteiger partial charge in [-0.2, -0.15) is 17.5 Å². The molecule has 0 aliphatic carbocycles. The molecule has 0 saturated carbocycles. The van der Waals surface area contributed by atoms with Crippen LogP contribution in [0.2, 0.25) is 0 Å². The highest BCUT2D eigenvalue weighted by Crippen LogP contribution is 2.31. The van der Waals surface area contributed by atoms with Crippen molar-refractivity contribution in [3.05, 3.63) is 65.7 Å². The lowest BCUT2D eigenvalue weighted by molar-refractivity contribution is -0.137. The molecule has 1 saturated heterocycles. The molecule has 1 aliphatic heterocycles. The Kier molecular flexibility index (Phi) is 6.90. The van der Waals surface area contributed by atoms with Gasteiger partial charge >= 0.3 is 6.18 Å². The van der Waals surface area contributed by atoms with Crippen molar-refractivity contribution in [3.8, 4) is 0 Å². The quantitative estimate of drug-likeness (QED) is 0.672. The summed E-state index contributed by atoms with van der Waals surface area (Å²) >= 11 is 0. The first-order chi connectivity index (χ1) is 14.5. The summed E-state index contributed by atoms with van der Waals surface area (Å²) in [5.41, 5.74) is 0.507. The molecule has 0 aromatic heterocycles. The van der Waals surface area contributed by atoms with Crippen LogP contribution in [-0.4, -0.2) is 62.5 Å². The number of nitrogens with zero attached hydrogens (tertiary/aromatic N) is 3. The fraction of sp³-hybridized carbons (Fsp3) is 0.381. The van der Waals surface area contributed by atoms with Crippen LogP contribution in [0.4, 0.5) is 18.9 Å². The maximum Gasteiger partial charge on any atom is 0.416 e. The zero-order valence-electron chi connectivity index (χ0n) is 17.0. The van der Waals surface area contributed by atoms with Gasteiger partial charge in [0.1, 0.15) is 0 Å². The third-order valence-electron chi connectivity index (χ3n) is 5.15. The minimum atomic E-state index is -4.42. The normalized spacial score (nSPS) is 15.4. The largest absolute Gasteiger partial charge is 0.416 e. The molecule has 6 nitrogen and oxygen atoms in total. The van der Waals surface area contributed by atoms with Crippen molar-refractivity contribution in [1.29, 1.82) is 0 Å². The Hall–Kier alpha value is -2.59. The van der Waals surface area contributed by atoms with Crippen molar-refractivity contribution in [2.75, 3.05) is 43.9 Å². The molecule has 2 aromatic carbocycles. The Labute approximate surface area is 179 Å². The van der Waals surface area contributed by atoms with E-state index in [4.69, 9.17) is 0 Å². The highest BCUT2D eigenvalue weighted by Gasteiger charge is 2.31. The van der Waals surface area contributed by atoms with Crippen LogP contribution in [0, 0.1) is 0 Å². The second-order valence-corrected chi connectivity index (χ2v) is 9.42. The van der Waals surface area contributed by atoms with Gasteiger partial charge in [0.2, 0.25) is 15.9 Å². The van der Waals surface area contributed by atoms with Crippen LogP contribution in [0.3, 0.4) is 0 Å². The first-order valence-corrected chi connectivity index (χ1v) is 11.6. The SMILES string of the molecule is CS(=O)(=O)N(CC(=O)N1CCN(c2cccc(C(F)(F)F)c2)CC1)Cc1ccccc1. The fourth-order valence-corrected chi connectivity index (χ4v) is 4.15. The molecule has 1 amide bonds. The van der Waals surface area contributed by atoms with E-state index in [0.717, 1.165) is 28.3 Å². The summed E-state index contributed by atoms with van der Waals surface area (Å²) in [6.45, 7) is 1.15. The molecule has 0 radical (unpaired) electrons. The van der Waals surface area contributed by atoms with Crippen LogP contribution < -0.4 is 4.90 Å². The average molecular weight is 456 g/mol. The lowest BCUT2D eigenvalue weighted by Gasteiger charge is -2.37. The molecule has 0 bridgehead atoms. The number of carbonyl (C=O) groups is 1. The molecule has 1 aliphatic rings. The van der Waals surface area contributed by atoms with Crippen LogP contribution >= 0.6 is 0 Å². The summed E-state index contributed by atoms with van der Waals surface area (Å²) < 4.78 is 64.3. The Morgan fingerprint density at radius 2 is 1.65 bits per heavy atom. The van der Waals surface area contributed by atoms with Crippen LogP contribution in [-0.2, 0) is 27.5 Å². The molecule has 1 fully saturated rings. The molecule has 3 rings (SSSR count). The third-order valence-corrected chi connectivity index (χ3v) is 6.35. The first-order valence-electron chi connectivity index (χ1n) is 9.73. The molecule has 168 valence electrons. The van der Waals surface area contributed by atoms with Crippen LogP contribution in [0.25, 0.3) is 0 Å². The van der Waals surface area contributed by atoms with Gasteiger partial charge in [-0.25, -0.2) is 8.42 Å². The first kappa shape index (κ1) is 23.1. The highest BCUT2D eigenvalue weighted by atomic mass is 32.2. The number of alkyl halides is 3. The van der Waals surface area contributed by atoms with E-state index in [1.165, 1.54) is 6.07 Å². The van der Waals surface area contributed by atoms with Crippen LogP contribution in [0.1, 0.15) is 11.1 Å². The Balaban J connectivity index is 1.61. The van der Waals surface area contributed by atoms with Crippen molar-refractivity contribution < 1.29 is 26.4 Å². The smallest absolute Gasteiger partial charge is 0.368 e. The van der Waals surface area contributed by atoms with Gasteiger partial charge < -0.3 is 9.80 Å². The summed E-state index contributed by atoms with van der Waals surface area (Å²) in [5.74, 6) is -0.329. The number of amides is 1. The predicted octanol–water partition coefficient (Wildman–Crippen LogP) is 2.82. The zero-order valence-corrected chi connectivity index (χ0v) is 17.9. The molecule has 10 heteroatoms. The van der Waals surface area contributed by atoms with Gasteiger partial charge in [0.15, 0.2) is 0 Å². The van der Waals surface area contributed by atoms with Gasteiger partial charge in [-0.15, -0.1) is 0 Å². The van der Waals surface area contributed by atoms with E-state index < -0.39 is 21.8 Å². The Bertz CT molecular complexity index is 1010. The number of piperazine rings is 1. The number of rotatable bonds is 6. The summed E-state index contributed by atoms with van der Waals surface area (Å²) in [6, 6.07) is 14.1. The molecule has 0 N–H and O–H groups in total. The van der Waals surface area contributed by atoms with Crippen LogP contribution in [0.15, 0.2) is 54.6 Å². The number of benzene rings is 2. The number of halogens is 3. The van der Waals surface area contributed by atoms with E-state index in [1.54, 1.807) is 40.1 Å². The average Bonchev–Trinajstić information content (AvgIpc) is 2.73. The van der Waals surface area contributed by atoms with Gasteiger partial charge in [-0.05, 0) is 23.8 Å². The predicted molar refractivity (Wildman–Crippen MR) is 112 cm³/mol. The summed E-state index contributed by atoms with van der Waals surface area (Å²) in [7, 11) is -3.60. The van der Waals surface area contributed by atoms with E-state index in [9.17, 15) is 26.4 Å². The molecule has 0 spiro atoms. The number of hydrogen-bond acceptors (Lipinski definition) is 4. The third kappa shape index (κ3) is 6.20. The molecular weight excluding hydrogens is 431 g/mol. The number of sulfonamides is 1. The van der Waals surface area contributed by atoms with Crippen molar-refractivity contribution in [2.45, 2.75) is 12.7 Å². The van der Waals surface area contributed by atoms with Crippen molar-refractivity contribution in [2.24, 2.45) is 0 Å². The standard InChI is InChI=1S/C21H24F3N3O3S/c1-31(29,30)27(15-17-6-3-2-4-7-17)16-20(28)26-12-10-25(11-13-26)19-9-5-8-18(14-19)21(22,23)24/h2-9,14H,10-13,15-16H2,1H3. The van der Waals surface area contributed by atoms with E-state index >= 15 is 0 Å². The molecule has 0 atom stereocenters. The van der Waals surface area contributed by atoms with Crippen LogP contribution in [0.5, 0.6) is 0 Å². The molecule has 0 unspecified atom stereocenters. The molecule has 31 heavy (non-hydrogen) atoms. The Morgan fingerprint density at radius 1 is 1.00 bits per heavy atom. The van der Waals surface area contributed by atoms with Crippen molar-refractivity contribution >= 4 is 21.6 Å². The lowest BCUT2D eigenvalue weighted by Crippen LogP contribution is -2.51. The van der Waals surface area contributed by atoms with Gasteiger partial charge in [0, 0.05) is 38.4 Å². The number of hydrogen-bond donors (Lipinski definition) is 0. The summed E-state index contributed by atoms with van der Waals surface area (Å²) in [6.07, 6.45) is -3.35.